The fourth-order valence-electron chi connectivity index (χ4n) is 6.95. The lowest BCUT2D eigenvalue weighted by atomic mass is 9.64. The number of amides is 1. The first kappa shape index (κ1) is 24.2. The number of rotatable bonds is 4. The van der Waals surface area contributed by atoms with E-state index in [1.165, 1.54) is 24.3 Å². The molecule has 6 heteroatoms. The third-order valence-electron chi connectivity index (χ3n) is 8.62. The van der Waals surface area contributed by atoms with Gasteiger partial charge in [0.1, 0.15) is 17.3 Å². The molecule has 0 unspecified atom stereocenters. The second-order valence-electron chi connectivity index (χ2n) is 10.6. The number of ketones is 2. The molecule has 4 aromatic carbocycles. The van der Waals surface area contributed by atoms with Gasteiger partial charge in [-0.15, -0.1) is 0 Å². The van der Waals surface area contributed by atoms with Crippen molar-refractivity contribution in [2.75, 3.05) is 10.2 Å². The highest BCUT2D eigenvalue weighted by molar-refractivity contribution is 6.18. The standard InChI is InChI=1S/C34H25FN2O3/c1-20-19-28-34(25-12-6-7-13-26(25)36-33(34)40)29(31(38)22-15-17-23(35)18-16-22)30(32(39)21-9-3-2-4-10-21)37(28)27-14-8-5-11-24(20)27/h2-19,28-30H,1H3,(H,36,40)/t28-,29+,30-,34+/m1/s1. The number of benzene rings is 4. The van der Waals surface area contributed by atoms with Crippen molar-refractivity contribution >= 4 is 34.4 Å². The number of halogens is 1. The molecule has 196 valence electrons. The highest BCUT2D eigenvalue weighted by Crippen LogP contribution is 2.58. The lowest BCUT2D eigenvalue weighted by molar-refractivity contribution is -0.121. The summed E-state index contributed by atoms with van der Waals surface area (Å²) in [7, 11) is 0. The van der Waals surface area contributed by atoms with Crippen LogP contribution in [0.4, 0.5) is 15.8 Å². The summed E-state index contributed by atoms with van der Waals surface area (Å²) < 4.78 is 13.9. The second-order valence-corrected chi connectivity index (χ2v) is 10.6. The molecule has 3 heterocycles. The Morgan fingerprint density at radius 1 is 0.800 bits per heavy atom. The number of carbonyl (C=O) groups excluding carboxylic acids is 3. The van der Waals surface area contributed by atoms with Gasteiger partial charge in [0.25, 0.3) is 0 Å². The summed E-state index contributed by atoms with van der Waals surface area (Å²) in [5.41, 5.74) is 3.33. The third-order valence-corrected chi connectivity index (χ3v) is 8.62. The first-order chi connectivity index (χ1) is 19.4. The Balaban J connectivity index is 1.56. The van der Waals surface area contributed by atoms with Crippen molar-refractivity contribution in [1.82, 2.24) is 0 Å². The molecule has 1 spiro atoms. The van der Waals surface area contributed by atoms with Crippen LogP contribution in [0, 0.1) is 11.7 Å². The minimum atomic E-state index is -1.40. The highest BCUT2D eigenvalue weighted by Gasteiger charge is 2.70. The molecule has 1 fully saturated rings. The van der Waals surface area contributed by atoms with Gasteiger partial charge in [-0.25, -0.2) is 4.39 Å². The van der Waals surface area contributed by atoms with Crippen molar-refractivity contribution in [3.05, 3.63) is 137 Å². The fraction of sp³-hybridized carbons (Fsp3) is 0.147. The molecule has 0 bridgehead atoms. The minimum Gasteiger partial charge on any atom is -0.352 e. The number of allylic oxidation sites excluding steroid dienone is 1. The van der Waals surface area contributed by atoms with E-state index in [1.807, 2.05) is 72.5 Å². The van der Waals surface area contributed by atoms with Crippen LogP contribution in [0.3, 0.4) is 0 Å². The Labute approximate surface area is 231 Å². The molecule has 0 aromatic heterocycles. The van der Waals surface area contributed by atoms with Crippen LogP contribution in [-0.2, 0) is 10.2 Å². The number of hydrogen-bond donors (Lipinski definition) is 1. The summed E-state index contributed by atoms with van der Waals surface area (Å²) in [6.45, 7) is 1.99. The number of anilines is 2. The molecule has 4 aromatic rings. The van der Waals surface area contributed by atoms with Crippen LogP contribution in [0.15, 0.2) is 109 Å². The first-order valence-corrected chi connectivity index (χ1v) is 13.3. The summed E-state index contributed by atoms with van der Waals surface area (Å²) in [4.78, 5) is 45.5. The van der Waals surface area contributed by atoms with Crippen LogP contribution >= 0.6 is 0 Å². The van der Waals surface area contributed by atoms with E-state index in [4.69, 9.17) is 0 Å². The number of carbonyl (C=O) groups is 3. The Hall–Kier alpha value is -4.84. The van der Waals surface area contributed by atoms with Gasteiger partial charge < -0.3 is 10.2 Å². The van der Waals surface area contributed by atoms with Gasteiger partial charge in [0.2, 0.25) is 5.91 Å². The van der Waals surface area contributed by atoms with Gasteiger partial charge in [0.15, 0.2) is 11.6 Å². The molecule has 1 amide bonds. The monoisotopic (exact) mass is 528 g/mol. The van der Waals surface area contributed by atoms with Crippen molar-refractivity contribution < 1.29 is 18.8 Å². The van der Waals surface area contributed by atoms with Gasteiger partial charge in [0.05, 0.1) is 12.0 Å². The average molecular weight is 529 g/mol. The van der Waals surface area contributed by atoms with E-state index >= 15 is 0 Å². The molecule has 1 N–H and O–H groups in total. The summed E-state index contributed by atoms with van der Waals surface area (Å²) in [5, 5.41) is 3.03. The molecule has 1 saturated heterocycles. The van der Waals surface area contributed by atoms with Crippen LogP contribution in [0.1, 0.15) is 38.8 Å². The molecule has 0 aliphatic carbocycles. The van der Waals surface area contributed by atoms with Crippen LogP contribution < -0.4 is 10.2 Å². The van der Waals surface area contributed by atoms with Gasteiger partial charge in [-0.3, -0.25) is 14.4 Å². The van der Waals surface area contributed by atoms with Crippen molar-refractivity contribution in [3.63, 3.8) is 0 Å². The molecular formula is C34H25FN2O3. The predicted molar refractivity (Wildman–Crippen MR) is 152 cm³/mol. The molecular weight excluding hydrogens is 503 g/mol. The third kappa shape index (κ3) is 3.22. The molecule has 40 heavy (non-hydrogen) atoms. The maximum atomic E-state index is 14.7. The molecule has 0 radical (unpaired) electrons. The largest absolute Gasteiger partial charge is 0.352 e. The van der Waals surface area contributed by atoms with E-state index in [1.54, 1.807) is 24.3 Å². The van der Waals surface area contributed by atoms with E-state index in [2.05, 4.69) is 5.32 Å². The molecule has 3 aliphatic rings. The Kier molecular flexibility index (Phi) is 5.36. The normalized spacial score (nSPS) is 24.1. The zero-order valence-corrected chi connectivity index (χ0v) is 21.7. The molecule has 4 atom stereocenters. The van der Waals surface area contributed by atoms with Gasteiger partial charge in [-0.05, 0) is 54.5 Å². The second kappa shape index (κ2) is 8.85. The smallest absolute Gasteiger partial charge is 0.238 e. The number of para-hydroxylation sites is 2. The van der Waals surface area contributed by atoms with Gasteiger partial charge in [-0.1, -0.05) is 72.8 Å². The Morgan fingerprint density at radius 2 is 1.45 bits per heavy atom. The number of nitrogens with zero attached hydrogens (tertiary/aromatic N) is 1. The minimum absolute atomic E-state index is 0.247. The number of fused-ring (bicyclic) bond motifs is 6. The maximum Gasteiger partial charge on any atom is 0.238 e. The van der Waals surface area contributed by atoms with Gasteiger partial charge in [-0.2, -0.15) is 0 Å². The van der Waals surface area contributed by atoms with Crippen LogP contribution in [0.2, 0.25) is 0 Å². The fourth-order valence-corrected chi connectivity index (χ4v) is 6.95. The summed E-state index contributed by atoms with van der Waals surface area (Å²) in [6.07, 6.45) is 2.02. The maximum absolute atomic E-state index is 14.7. The number of nitrogens with one attached hydrogen (secondary N) is 1. The van der Waals surface area contributed by atoms with Crippen molar-refractivity contribution in [2.45, 2.75) is 24.4 Å². The average Bonchev–Trinajstić information content (AvgIpc) is 3.45. The summed E-state index contributed by atoms with van der Waals surface area (Å²) in [5.74, 6) is -2.50. The first-order valence-electron chi connectivity index (χ1n) is 13.3. The van der Waals surface area contributed by atoms with Crippen LogP contribution in [0.5, 0.6) is 0 Å². The Bertz CT molecular complexity index is 1730. The van der Waals surface area contributed by atoms with E-state index in [9.17, 15) is 18.8 Å². The van der Waals surface area contributed by atoms with Gasteiger partial charge >= 0.3 is 0 Å². The predicted octanol–water partition coefficient (Wildman–Crippen LogP) is 6.07. The van der Waals surface area contributed by atoms with Crippen LogP contribution in [0.25, 0.3) is 5.57 Å². The van der Waals surface area contributed by atoms with E-state index in [0.717, 1.165) is 16.8 Å². The van der Waals surface area contributed by atoms with E-state index in [-0.39, 0.29) is 23.0 Å². The zero-order valence-electron chi connectivity index (χ0n) is 21.7. The molecule has 5 nitrogen and oxygen atoms in total. The quantitative estimate of drug-likeness (QED) is 0.327. The topological polar surface area (TPSA) is 66.5 Å². The van der Waals surface area contributed by atoms with Crippen LogP contribution in [-0.4, -0.2) is 29.6 Å². The number of hydrogen-bond acceptors (Lipinski definition) is 4. The lowest BCUT2D eigenvalue weighted by Gasteiger charge is -2.39. The van der Waals surface area contributed by atoms with Crippen molar-refractivity contribution in [2.24, 2.45) is 5.92 Å². The van der Waals surface area contributed by atoms with E-state index in [0.29, 0.717) is 16.8 Å². The Morgan fingerprint density at radius 3 is 2.23 bits per heavy atom. The molecule has 0 saturated carbocycles. The van der Waals surface area contributed by atoms with Gasteiger partial charge in [0, 0.05) is 28.1 Å². The zero-order chi connectivity index (χ0) is 27.6. The van der Waals surface area contributed by atoms with Crippen molar-refractivity contribution in [3.8, 4) is 0 Å². The van der Waals surface area contributed by atoms with E-state index < -0.39 is 29.2 Å². The lowest BCUT2D eigenvalue weighted by Crippen LogP contribution is -2.51. The highest BCUT2D eigenvalue weighted by atomic mass is 19.1. The number of Topliss-reactive ketones (excluding diaryl/α,β-unsaturated/α-hetero) is 2. The molecule has 3 aliphatic heterocycles. The summed E-state index contributed by atoms with van der Waals surface area (Å²) in [6, 6.07) is 27.8. The van der Waals surface area contributed by atoms with Crippen molar-refractivity contribution in [1.29, 1.82) is 0 Å². The summed E-state index contributed by atoms with van der Waals surface area (Å²) >= 11 is 0. The molecule has 7 rings (SSSR count). The SMILES string of the molecule is CC1=C[C@H]2N(c3ccccc31)[C@@H](C(=O)c1ccccc1)[C@@H](C(=O)c1ccc(F)cc1)[C@@]21C(=O)Nc2ccccc21.